The molecule has 0 aromatic heterocycles. The highest BCUT2D eigenvalue weighted by Crippen LogP contribution is 2.57. The third kappa shape index (κ3) is 1.75. The van der Waals surface area contributed by atoms with Gasteiger partial charge in [0.15, 0.2) is 0 Å². The lowest BCUT2D eigenvalue weighted by atomic mass is 9.70. The Balaban J connectivity index is 2.06. The Bertz CT molecular complexity index is 441. The van der Waals surface area contributed by atoms with Gasteiger partial charge in [0.2, 0.25) is 0 Å². The first-order valence-corrected chi connectivity index (χ1v) is 6.69. The highest BCUT2D eigenvalue weighted by molar-refractivity contribution is 5.43. The van der Waals surface area contributed by atoms with Crippen LogP contribution in [-0.4, -0.2) is 6.18 Å². The van der Waals surface area contributed by atoms with E-state index in [1.807, 2.05) is 12.1 Å². The molecule has 2 aliphatic carbocycles. The number of benzene rings is 1. The van der Waals surface area contributed by atoms with E-state index in [2.05, 4.69) is 0 Å². The van der Waals surface area contributed by atoms with Crippen LogP contribution in [0.25, 0.3) is 0 Å². The van der Waals surface area contributed by atoms with Crippen molar-refractivity contribution in [1.29, 1.82) is 0 Å². The van der Waals surface area contributed by atoms with Gasteiger partial charge in [-0.3, -0.25) is 0 Å². The number of hydrogen-bond acceptors (Lipinski definition) is 0. The standard InChI is InChI=1S/C15H17F3/c16-15(17,18)13-10-14(8-4-1-5-9-14)12-7-3-2-6-11(12)13/h2-3,6-7,13H,1,4-5,8-10H2. The third-order valence-corrected chi connectivity index (χ3v) is 4.71. The molecule has 3 heteroatoms. The van der Waals surface area contributed by atoms with Crippen LogP contribution in [-0.2, 0) is 5.41 Å². The molecule has 1 aromatic carbocycles. The molecular formula is C15H17F3. The number of fused-ring (bicyclic) bond motifs is 2. The highest BCUT2D eigenvalue weighted by Gasteiger charge is 2.53. The Hall–Kier alpha value is -0.990. The second kappa shape index (κ2) is 4.01. The van der Waals surface area contributed by atoms with Crippen molar-refractivity contribution in [3.63, 3.8) is 0 Å². The second-order valence-electron chi connectivity index (χ2n) is 5.73. The molecule has 3 rings (SSSR count). The molecule has 0 nitrogen and oxygen atoms in total. The molecule has 0 amide bonds. The molecule has 2 aliphatic rings. The molecule has 1 fully saturated rings. The predicted octanol–water partition coefficient (Wildman–Crippen LogP) is 4.94. The van der Waals surface area contributed by atoms with E-state index in [1.165, 1.54) is 6.42 Å². The second-order valence-corrected chi connectivity index (χ2v) is 5.73. The van der Waals surface area contributed by atoms with E-state index < -0.39 is 12.1 Å². The van der Waals surface area contributed by atoms with Crippen molar-refractivity contribution in [2.45, 2.75) is 56.0 Å². The van der Waals surface area contributed by atoms with Gasteiger partial charge < -0.3 is 0 Å². The fourth-order valence-electron chi connectivity index (χ4n) is 3.89. The van der Waals surface area contributed by atoms with E-state index in [0.717, 1.165) is 31.2 Å². The topological polar surface area (TPSA) is 0 Å². The number of alkyl halides is 3. The van der Waals surface area contributed by atoms with Gasteiger partial charge in [-0.2, -0.15) is 13.2 Å². The molecule has 18 heavy (non-hydrogen) atoms. The van der Waals surface area contributed by atoms with Crippen LogP contribution in [0.5, 0.6) is 0 Å². The van der Waals surface area contributed by atoms with Gasteiger partial charge in [-0.05, 0) is 35.8 Å². The van der Waals surface area contributed by atoms with Crippen LogP contribution in [0.4, 0.5) is 13.2 Å². The quantitative estimate of drug-likeness (QED) is 0.615. The van der Waals surface area contributed by atoms with Crippen LogP contribution in [0, 0.1) is 0 Å². The minimum atomic E-state index is -4.10. The van der Waals surface area contributed by atoms with E-state index >= 15 is 0 Å². The Morgan fingerprint density at radius 2 is 1.67 bits per heavy atom. The Labute approximate surface area is 105 Å². The van der Waals surface area contributed by atoms with Crippen LogP contribution in [0.15, 0.2) is 24.3 Å². The van der Waals surface area contributed by atoms with Crippen molar-refractivity contribution in [2.75, 3.05) is 0 Å². The Morgan fingerprint density at radius 1 is 1.00 bits per heavy atom. The first kappa shape index (κ1) is 12.1. The minimum Gasteiger partial charge on any atom is -0.170 e. The summed E-state index contributed by atoms with van der Waals surface area (Å²) in [5, 5.41) is 0. The maximum atomic E-state index is 13.2. The van der Waals surface area contributed by atoms with Crippen molar-refractivity contribution in [3.8, 4) is 0 Å². The molecule has 1 saturated carbocycles. The lowest BCUT2D eigenvalue weighted by Crippen LogP contribution is -2.28. The van der Waals surface area contributed by atoms with Gasteiger partial charge in [0.25, 0.3) is 0 Å². The van der Waals surface area contributed by atoms with Crippen LogP contribution in [0.2, 0.25) is 0 Å². The third-order valence-electron chi connectivity index (χ3n) is 4.71. The van der Waals surface area contributed by atoms with Crippen molar-refractivity contribution in [1.82, 2.24) is 0 Å². The van der Waals surface area contributed by atoms with Crippen molar-refractivity contribution < 1.29 is 13.2 Å². The lowest BCUT2D eigenvalue weighted by Gasteiger charge is -2.35. The lowest BCUT2D eigenvalue weighted by molar-refractivity contribution is -0.152. The highest BCUT2D eigenvalue weighted by atomic mass is 19.4. The SMILES string of the molecule is FC(F)(F)C1CC2(CCCCC2)c2ccccc21. The average Bonchev–Trinajstić information content (AvgIpc) is 2.66. The van der Waals surface area contributed by atoms with Crippen LogP contribution in [0.1, 0.15) is 55.6 Å². The molecule has 0 aliphatic heterocycles. The zero-order valence-corrected chi connectivity index (χ0v) is 10.3. The largest absolute Gasteiger partial charge is 0.395 e. The van der Waals surface area contributed by atoms with Crippen LogP contribution < -0.4 is 0 Å². The monoisotopic (exact) mass is 254 g/mol. The molecule has 0 saturated heterocycles. The summed E-state index contributed by atoms with van der Waals surface area (Å²) in [5.41, 5.74) is 1.33. The maximum Gasteiger partial charge on any atom is 0.395 e. The minimum absolute atomic E-state index is 0.185. The Kier molecular flexibility index (Phi) is 2.68. The summed E-state index contributed by atoms with van der Waals surface area (Å²) >= 11 is 0. The van der Waals surface area contributed by atoms with Crippen molar-refractivity contribution in [2.24, 2.45) is 0 Å². The first-order chi connectivity index (χ1) is 8.53. The number of hydrogen-bond donors (Lipinski definition) is 0. The van der Waals surface area contributed by atoms with Gasteiger partial charge in [0.1, 0.15) is 0 Å². The predicted molar refractivity (Wildman–Crippen MR) is 64.6 cm³/mol. The van der Waals surface area contributed by atoms with Gasteiger partial charge in [-0.15, -0.1) is 0 Å². The summed E-state index contributed by atoms with van der Waals surface area (Å²) in [5.74, 6) is -1.24. The van der Waals surface area contributed by atoms with E-state index in [9.17, 15) is 13.2 Å². The van der Waals surface area contributed by atoms with Gasteiger partial charge >= 0.3 is 6.18 Å². The fourth-order valence-corrected chi connectivity index (χ4v) is 3.89. The molecule has 1 unspecified atom stereocenters. The fraction of sp³-hybridized carbons (Fsp3) is 0.600. The van der Waals surface area contributed by atoms with Crippen molar-refractivity contribution >= 4 is 0 Å². The summed E-state index contributed by atoms with van der Waals surface area (Å²) in [7, 11) is 0. The summed E-state index contributed by atoms with van der Waals surface area (Å²) in [6.45, 7) is 0. The normalized spacial score (nSPS) is 26.3. The molecule has 0 heterocycles. The number of halogens is 3. The van der Waals surface area contributed by atoms with E-state index in [-0.39, 0.29) is 11.8 Å². The van der Waals surface area contributed by atoms with Gasteiger partial charge in [-0.25, -0.2) is 0 Å². The molecule has 1 aromatic rings. The number of rotatable bonds is 0. The smallest absolute Gasteiger partial charge is 0.170 e. The summed E-state index contributed by atoms with van der Waals surface area (Å²) in [6.07, 6.45) is 1.33. The summed E-state index contributed by atoms with van der Waals surface area (Å²) in [6, 6.07) is 7.22. The van der Waals surface area contributed by atoms with Crippen LogP contribution >= 0.6 is 0 Å². The average molecular weight is 254 g/mol. The zero-order chi connectivity index (χ0) is 12.8. The molecular weight excluding hydrogens is 237 g/mol. The maximum absolute atomic E-state index is 13.2. The molecule has 0 bridgehead atoms. The molecule has 0 radical (unpaired) electrons. The molecule has 0 N–H and O–H groups in total. The van der Waals surface area contributed by atoms with E-state index in [4.69, 9.17) is 0 Å². The zero-order valence-electron chi connectivity index (χ0n) is 10.3. The van der Waals surface area contributed by atoms with Gasteiger partial charge in [-0.1, -0.05) is 43.5 Å². The van der Waals surface area contributed by atoms with Crippen molar-refractivity contribution in [3.05, 3.63) is 35.4 Å². The summed E-state index contributed by atoms with van der Waals surface area (Å²) < 4.78 is 39.5. The molecule has 1 atom stereocenters. The summed E-state index contributed by atoms with van der Waals surface area (Å²) in [4.78, 5) is 0. The van der Waals surface area contributed by atoms with E-state index in [1.54, 1.807) is 12.1 Å². The Morgan fingerprint density at radius 3 is 2.33 bits per heavy atom. The first-order valence-electron chi connectivity index (χ1n) is 6.69. The van der Waals surface area contributed by atoms with Crippen LogP contribution in [0.3, 0.4) is 0 Å². The van der Waals surface area contributed by atoms with Gasteiger partial charge in [0.05, 0.1) is 5.92 Å². The van der Waals surface area contributed by atoms with Gasteiger partial charge in [0, 0.05) is 0 Å². The van der Waals surface area contributed by atoms with E-state index in [0.29, 0.717) is 5.56 Å². The molecule has 98 valence electrons. The molecule has 1 spiro atoms.